The molecule has 0 spiro atoms. The molecule has 25 heavy (non-hydrogen) atoms. The molecule has 3 aromatic carbocycles. The van der Waals surface area contributed by atoms with Crippen LogP contribution >= 0.6 is 0 Å². The van der Waals surface area contributed by atoms with Crippen molar-refractivity contribution in [1.82, 2.24) is 0 Å². The van der Waals surface area contributed by atoms with E-state index < -0.39 is 0 Å². The van der Waals surface area contributed by atoms with Crippen molar-refractivity contribution in [3.8, 4) is 0 Å². The minimum atomic E-state index is 0.169. The number of fused-ring (bicyclic) bond motifs is 1. The first-order chi connectivity index (χ1) is 12.3. The molecule has 0 fully saturated rings. The van der Waals surface area contributed by atoms with Gasteiger partial charge in [-0.2, -0.15) is 0 Å². The van der Waals surface area contributed by atoms with Gasteiger partial charge in [-0.3, -0.25) is 0 Å². The van der Waals surface area contributed by atoms with Crippen LogP contribution in [0.1, 0.15) is 40.2 Å². The van der Waals surface area contributed by atoms with Crippen LogP contribution in [0.3, 0.4) is 0 Å². The molecule has 0 saturated heterocycles. The Kier molecular flexibility index (Phi) is 4.25. The van der Waals surface area contributed by atoms with Crippen molar-refractivity contribution >= 4 is 5.57 Å². The maximum atomic E-state index is 9.74. The molecule has 1 atom stereocenters. The number of rotatable bonds is 4. The first kappa shape index (κ1) is 15.9. The summed E-state index contributed by atoms with van der Waals surface area (Å²) in [4.78, 5) is 0. The summed E-state index contributed by atoms with van der Waals surface area (Å²) in [6.07, 6.45) is 0.692. The number of aliphatic hydroxyl groups excluding tert-OH is 1. The lowest BCUT2D eigenvalue weighted by atomic mass is 9.86. The molecule has 1 aliphatic rings. The van der Waals surface area contributed by atoms with Gasteiger partial charge in [-0.05, 0) is 46.7 Å². The molecule has 0 saturated carbocycles. The summed E-state index contributed by atoms with van der Waals surface area (Å²) < 4.78 is 0. The fourth-order valence-electron chi connectivity index (χ4n) is 3.96. The zero-order chi connectivity index (χ0) is 17.2. The summed E-state index contributed by atoms with van der Waals surface area (Å²) in [5.74, 6) is 0.221. The van der Waals surface area contributed by atoms with Gasteiger partial charge in [0.1, 0.15) is 0 Å². The van der Waals surface area contributed by atoms with Gasteiger partial charge in [0.25, 0.3) is 0 Å². The normalized spacial score (nSPS) is 16.2. The third kappa shape index (κ3) is 2.81. The monoisotopic (exact) mass is 326 g/mol. The molecule has 0 aromatic heterocycles. The van der Waals surface area contributed by atoms with Crippen LogP contribution in [0.5, 0.6) is 0 Å². The summed E-state index contributed by atoms with van der Waals surface area (Å²) >= 11 is 0. The maximum absolute atomic E-state index is 9.74. The largest absolute Gasteiger partial charge is 0.396 e. The lowest BCUT2D eigenvalue weighted by molar-refractivity contribution is 0.298. The molecule has 0 amide bonds. The predicted molar refractivity (Wildman–Crippen MR) is 104 cm³/mol. The van der Waals surface area contributed by atoms with Crippen molar-refractivity contribution in [2.75, 3.05) is 6.61 Å². The lowest BCUT2D eigenvalue weighted by Gasteiger charge is -2.18. The molecule has 0 bridgehead atoms. The topological polar surface area (TPSA) is 20.2 Å². The summed E-state index contributed by atoms with van der Waals surface area (Å²) in [7, 11) is 0. The molecule has 3 aromatic rings. The smallest absolute Gasteiger partial charge is 0.0468 e. The molecule has 0 aliphatic heterocycles. The first-order valence-corrected chi connectivity index (χ1v) is 8.85. The van der Waals surface area contributed by atoms with Crippen molar-refractivity contribution in [1.29, 1.82) is 0 Å². The Labute approximate surface area is 149 Å². The number of aliphatic hydroxyl groups is 1. The molecule has 1 nitrogen and oxygen atoms in total. The predicted octanol–water partition coefficient (Wildman–Crippen LogP) is 5.32. The fraction of sp³-hybridized carbons (Fsp3) is 0.167. The average molecular weight is 326 g/mol. The van der Waals surface area contributed by atoms with E-state index in [4.69, 9.17) is 0 Å². The second-order valence-electron chi connectivity index (χ2n) is 6.67. The Hall–Kier alpha value is -2.64. The van der Waals surface area contributed by atoms with Crippen LogP contribution in [-0.4, -0.2) is 11.7 Å². The molecule has 0 heterocycles. The van der Waals surface area contributed by atoms with Crippen molar-refractivity contribution < 1.29 is 5.11 Å². The van der Waals surface area contributed by atoms with Crippen molar-refractivity contribution in [2.24, 2.45) is 0 Å². The molecule has 4 rings (SSSR count). The van der Waals surface area contributed by atoms with E-state index in [-0.39, 0.29) is 12.5 Å². The number of hydrogen-bond acceptors (Lipinski definition) is 1. The van der Waals surface area contributed by atoms with Gasteiger partial charge in [-0.15, -0.1) is 0 Å². The highest BCUT2D eigenvalue weighted by atomic mass is 16.2. The van der Waals surface area contributed by atoms with E-state index in [9.17, 15) is 5.11 Å². The molecule has 1 unspecified atom stereocenters. The summed E-state index contributed by atoms with van der Waals surface area (Å²) in [5, 5.41) is 9.74. The van der Waals surface area contributed by atoms with E-state index >= 15 is 0 Å². The van der Waals surface area contributed by atoms with Crippen molar-refractivity contribution in [2.45, 2.75) is 19.3 Å². The van der Waals surface area contributed by atoms with Gasteiger partial charge in [0.2, 0.25) is 0 Å². The minimum absolute atomic E-state index is 0.169. The third-order valence-corrected chi connectivity index (χ3v) is 5.06. The Morgan fingerprint density at radius 1 is 0.800 bits per heavy atom. The van der Waals surface area contributed by atoms with E-state index in [2.05, 4.69) is 79.7 Å². The second-order valence-corrected chi connectivity index (χ2v) is 6.67. The van der Waals surface area contributed by atoms with Gasteiger partial charge in [0.05, 0.1) is 0 Å². The number of benzene rings is 3. The van der Waals surface area contributed by atoms with Gasteiger partial charge in [-0.1, -0.05) is 84.4 Å². The van der Waals surface area contributed by atoms with Gasteiger partial charge >= 0.3 is 0 Å². The van der Waals surface area contributed by atoms with E-state index in [1.165, 1.54) is 39.0 Å². The zero-order valence-corrected chi connectivity index (χ0v) is 14.4. The highest BCUT2D eigenvalue weighted by molar-refractivity contribution is 5.89. The van der Waals surface area contributed by atoms with Crippen LogP contribution in [-0.2, 0) is 0 Å². The van der Waals surface area contributed by atoms with E-state index in [0.717, 1.165) is 0 Å². The van der Waals surface area contributed by atoms with Crippen molar-refractivity contribution in [3.05, 3.63) is 112 Å². The fourth-order valence-corrected chi connectivity index (χ4v) is 3.96. The van der Waals surface area contributed by atoms with Crippen LogP contribution < -0.4 is 0 Å². The molecule has 1 heteroatoms. The van der Waals surface area contributed by atoms with E-state index in [1.54, 1.807) is 0 Å². The minimum Gasteiger partial charge on any atom is -0.396 e. The SMILES string of the molecule is Cc1ccc(C2C(CCO)=C(c3ccccc3)c3ccccc32)cc1. The average Bonchev–Trinajstić information content (AvgIpc) is 2.97. The van der Waals surface area contributed by atoms with Gasteiger partial charge in [0, 0.05) is 12.5 Å². The maximum Gasteiger partial charge on any atom is 0.0468 e. The van der Waals surface area contributed by atoms with Crippen LogP contribution in [0.15, 0.2) is 84.4 Å². The zero-order valence-electron chi connectivity index (χ0n) is 14.4. The van der Waals surface area contributed by atoms with Gasteiger partial charge in [-0.25, -0.2) is 0 Å². The molecular weight excluding hydrogens is 304 g/mol. The molecule has 0 radical (unpaired) electrons. The van der Waals surface area contributed by atoms with Crippen LogP contribution in [0.4, 0.5) is 0 Å². The lowest BCUT2D eigenvalue weighted by Crippen LogP contribution is -2.03. The summed E-state index contributed by atoms with van der Waals surface area (Å²) in [6.45, 7) is 2.29. The van der Waals surface area contributed by atoms with E-state index in [1.807, 2.05) is 6.07 Å². The molecule has 1 aliphatic carbocycles. The van der Waals surface area contributed by atoms with Gasteiger partial charge in [0.15, 0.2) is 0 Å². The van der Waals surface area contributed by atoms with Crippen molar-refractivity contribution in [3.63, 3.8) is 0 Å². The van der Waals surface area contributed by atoms with E-state index in [0.29, 0.717) is 6.42 Å². The summed E-state index contributed by atoms with van der Waals surface area (Å²) in [6, 6.07) is 28.0. The first-order valence-electron chi connectivity index (χ1n) is 8.85. The number of hydrogen-bond donors (Lipinski definition) is 1. The Balaban J connectivity index is 1.96. The third-order valence-electron chi connectivity index (χ3n) is 5.06. The highest BCUT2D eigenvalue weighted by Crippen LogP contribution is 2.49. The molecule has 1 N–H and O–H groups in total. The number of aryl methyl sites for hydroxylation is 1. The molecular formula is C24H22O. The Morgan fingerprint density at radius 3 is 2.20 bits per heavy atom. The molecule has 124 valence electrons. The van der Waals surface area contributed by atoms with Crippen LogP contribution in [0.25, 0.3) is 5.57 Å². The Bertz CT molecular complexity index is 904. The van der Waals surface area contributed by atoms with Crippen LogP contribution in [0, 0.1) is 6.92 Å². The standard InChI is InChI=1S/C24H22O/c1-17-11-13-19(14-12-17)24-21-10-6-5-9-20(21)23(22(24)15-16-25)18-7-3-2-4-8-18/h2-14,24-25H,15-16H2,1H3. The summed E-state index contributed by atoms with van der Waals surface area (Å²) in [5.41, 5.74) is 9.04. The second kappa shape index (κ2) is 6.70. The quantitative estimate of drug-likeness (QED) is 0.687. The van der Waals surface area contributed by atoms with Gasteiger partial charge < -0.3 is 5.11 Å². The van der Waals surface area contributed by atoms with Crippen LogP contribution in [0.2, 0.25) is 0 Å². The highest BCUT2D eigenvalue weighted by Gasteiger charge is 2.32. The Morgan fingerprint density at radius 2 is 1.48 bits per heavy atom.